The van der Waals surface area contributed by atoms with Crippen molar-refractivity contribution >= 4 is 29.1 Å². The van der Waals surface area contributed by atoms with E-state index >= 15 is 0 Å². The van der Waals surface area contributed by atoms with Gasteiger partial charge in [0.25, 0.3) is 5.91 Å². The highest BCUT2D eigenvalue weighted by Crippen LogP contribution is 2.24. The van der Waals surface area contributed by atoms with Crippen LogP contribution in [0.4, 0.5) is 11.4 Å². The van der Waals surface area contributed by atoms with Crippen LogP contribution in [0, 0.1) is 0 Å². The van der Waals surface area contributed by atoms with Gasteiger partial charge in [-0.1, -0.05) is 0 Å². The maximum atomic E-state index is 12.6. The number of hydrogen-bond donors (Lipinski definition) is 2. The first-order valence-electron chi connectivity index (χ1n) is 9.32. The van der Waals surface area contributed by atoms with Crippen molar-refractivity contribution in [2.24, 2.45) is 0 Å². The number of anilines is 2. The van der Waals surface area contributed by atoms with Gasteiger partial charge in [0.05, 0.1) is 31.4 Å². The van der Waals surface area contributed by atoms with Crippen molar-refractivity contribution in [1.82, 2.24) is 10.2 Å². The van der Waals surface area contributed by atoms with Crippen LogP contribution in [0.2, 0.25) is 0 Å². The summed E-state index contributed by atoms with van der Waals surface area (Å²) < 4.78 is 5.33. The molecule has 0 radical (unpaired) electrons. The van der Waals surface area contributed by atoms with Gasteiger partial charge in [0.2, 0.25) is 11.8 Å². The van der Waals surface area contributed by atoms with Gasteiger partial charge in [0.15, 0.2) is 0 Å². The fraction of sp³-hybridized carbons (Fsp3) is 0.526. The zero-order valence-electron chi connectivity index (χ0n) is 15.6. The highest BCUT2D eigenvalue weighted by Gasteiger charge is 2.39. The van der Waals surface area contributed by atoms with Crippen molar-refractivity contribution in [2.75, 3.05) is 49.6 Å². The largest absolute Gasteiger partial charge is 0.379 e. The minimum absolute atomic E-state index is 0.169. The molecule has 1 atom stereocenters. The molecule has 0 saturated carbocycles. The lowest BCUT2D eigenvalue weighted by molar-refractivity contribution is -0.121. The Labute approximate surface area is 158 Å². The number of amides is 3. The van der Waals surface area contributed by atoms with Gasteiger partial charge in [-0.3, -0.25) is 19.3 Å². The summed E-state index contributed by atoms with van der Waals surface area (Å²) in [7, 11) is 0. The van der Waals surface area contributed by atoms with Crippen LogP contribution in [0.15, 0.2) is 24.3 Å². The molecule has 8 heteroatoms. The Balaban J connectivity index is 1.49. The maximum absolute atomic E-state index is 12.6. The number of imide groups is 1. The highest BCUT2D eigenvalue weighted by atomic mass is 16.5. The lowest BCUT2D eigenvalue weighted by atomic mass is 10.2. The van der Waals surface area contributed by atoms with Crippen LogP contribution in [-0.2, 0) is 19.1 Å². The maximum Gasteiger partial charge on any atom is 0.251 e. The van der Waals surface area contributed by atoms with Crippen LogP contribution < -0.4 is 15.5 Å². The summed E-state index contributed by atoms with van der Waals surface area (Å²) in [5.74, 6) is -0.603. The summed E-state index contributed by atoms with van der Waals surface area (Å²) in [6, 6.07) is 6.22. The van der Waals surface area contributed by atoms with E-state index in [4.69, 9.17) is 4.74 Å². The number of morpholine rings is 1. The molecule has 2 saturated heterocycles. The molecule has 0 aliphatic carbocycles. The fourth-order valence-corrected chi connectivity index (χ4v) is 3.36. The third-order valence-corrected chi connectivity index (χ3v) is 4.74. The van der Waals surface area contributed by atoms with Gasteiger partial charge >= 0.3 is 0 Å². The summed E-state index contributed by atoms with van der Waals surface area (Å²) in [6.45, 7) is 6.52. The molecule has 0 aromatic heterocycles. The average molecular weight is 374 g/mol. The second kappa shape index (κ2) is 9.07. The van der Waals surface area contributed by atoms with Crippen LogP contribution in [0.5, 0.6) is 0 Å². The standard InChI is InChI=1S/C19H26N4O4/c1-14(24)21-15-3-5-16(6-4-15)23-18(25)13-17(19(23)26)20-7-2-8-22-9-11-27-12-10-22/h3-6,17,20H,2,7-13H2,1H3,(H,21,24)/t17-/m0/s1. The number of nitrogens with one attached hydrogen (secondary N) is 2. The Morgan fingerprint density at radius 1 is 1.19 bits per heavy atom. The van der Waals surface area contributed by atoms with Gasteiger partial charge in [0, 0.05) is 25.7 Å². The molecule has 3 amide bonds. The lowest BCUT2D eigenvalue weighted by Gasteiger charge is -2.26. The first kappa shape index (κ1) is 19.5. The van der Waals surface area contributed by atoms with Crippen molar-refractivity contribution in [3.63, 3.8) is 0 Å². The summed E-state index contributed by atoms with van der Waals surface area (Å²) >= 11 is 0. The number of rotatable bonds is 7. The Morgan fingerprint density at radius 3 is 2.56 bits per heavy atom. The molecule has 2 heterocycles. The number of carbonyl (C=O) groups excluding carboxylic acids is 3. The van der Waals surface area contributed by atoms with E-state index in [1.807, 2.05) is 0 Å². The SMILES string of the molecule is CC(=O)Nc1ccc(N2C(=O)C[C@H](NCCCN3CCOCC3)C2=O)cc1. The van der Waals surface area contributed by atoms with E-state index in [1.54, 1.807) is 24.3 Å². The van der Waals surface area contributed by atoms with E-state index < -0.39 is 6.04 Å². The molecule has 2 N–H and O–H groups in total. The second-order valence-electron chi connectivity index (χ2n) is 6.81. The van der Waals surface area contributed by atoms with E-state index in [0.717, 1.165) is 39.3 Å². The number of nitrogens with zero attached hydrogens (tertiary/aromatic N) is 2. The zero-order chi connectivity index (χ0) is 19.2. The molecule has 1 aromatic rings. The summed E-state index contributed by atoms with van der Waals surface area (Å²) in [5.41, 5.74) is 1.15. The number of carbonyl (C=O) groups is 3. The molecule has 2 aliphatic heterocycles. The first-order chi connectivity index (χ1) is 13.0. The molecule has 2 fully saturated rings. The third kappa shape index (κ3) is 5.12. The Morgan fingerprint density at radius 2 is 1.89 bits per heavy atom. The Hall–Kier alpha value is -2.29. The first-order valence-corrected chi connectivity index (χ1v) is 9.32. The number of ether oxygens (including phenoxy) is 1. The molecule has 8 nitrogen and oxygen atoms in total. The molecular formula is C19H26N4O4. The molecule has 0 unspecified atom stereocenters. The monoisotopic (exact) mass is 374 g/mol. The lowest BCUT2D eigenvalue weighted by Crippen LogP contribution is -2.41. The average Bonchev–Trinajstić information content (AvgIpc) is 2.94. The van der Waals surface area contributed by atoms with Crippen molar-refractivity contribution in [2.45, 2.75) is 25.8 Å². The van der Waals surface area contributed by atoms with Crippen molar-refractivity contribution in [1.29, 1.82) is 0 Å². The van der Waals surface area contributed by atoms with Gasteiger partial charge in [-0.2, -0.15) is 0 Å². The van der Waals surface area contributed by atoms with E-state index in [-0.39, 0.29) is 24.1 Å². The summed E-state index contributed by atoms with van der Waals surface area (Å²) in [4.78, 5) is 39.6. The Kier molecular flexibility index (Phi) is 6.54. The van der Waals surface area contributed by atoms with Gasteiger partial charge in [-0.15, -0.1) is 0 Å². The van der Waals surface area contributed by atoms with Crippen LogP contribution >= 0.6 is 0 Å². The van der Waals surface area contributed by atoms with Crippen molar-refractivity contribution < 1.29 is 19.1 Å². The summed E-state index contributed by atoms with van der Waals surface area (Å²) in [5, 5.41) is 5.88. The predicted molar refractivity (Wildman–Crippen MR) is 102 cm³/mol. The topological polar surface area (TPSA) is 91.0 Å². The second-order valence-corrected chi connectivity index (χ2v) is 6.81. The van der Waals surface area contributed by atoms with Gasteiger partial charge in [-0.25, -0.2) is 4.90 Å². The minimum atomic E-state index is -0.475. The molecule has 0 spiro atoms. The van der Waals surface area contributed by atoms with Gasteiger partial charge in [0.1, 0.15) is 0 Å². The van der Waals surface area contributed by atoms with E-state index in [9.17, 15) is 14.4 Å². The van der Waals surface area contributed by atoms with Gasteiger partial charge < -0.3 is 15.4 Å². The molecule has 1 aromatic carbocycles. The van der Waals surface area contributed by atoms with Gasteiger partial charge in [-0.05, 0) is 43.8 Å². The molecule has 3 rings (SSSR count). The molecule has 2 aliphatic rings. The van der Waals surface area contributed by atoms with Crippen molar-refractivity contribution in [3.8, 4) is 0 Å². The van der Waals surface area contributed by atoms with E-state index in [1.165, 1.54) is 11.8 Å². The predicted octanol–water partition coefficient (Wildman–Crippen LogP) is 0.589. The van der Waals surface area contributed by atoms with Crippen molar-refractivity contribution in [3.05, 3.63) is 24.3 Å². The fourth-order valence-electron chi connectivity index (χ4n) is 3.36. The number of benzene rings is 1. The van der Waals surface area contributed by atoms with Crippen LogP contribution in [-0.4, -0.2) is 68.1 Å². The number of hydrogen-bond acceptors (Lipinski definition) is 6. The zero-order valence-corrected chi connectivity index (χ0v) is 15.6. The summed E-state index contributed by atoms with van der Waals surface area (Å²) in [6.07, 6.45) is 1.09. The normalized spacial score (nSPS) is 20.9. The third-order valence-electron chi connectivity index (χ3n) is 4.74. The molecule has 146 valence electrons. The van der Waals surface area contributed by atoms with E-state index in [2.05, 4.69) is 15.5 Å². The smallest absolute Gasteiger partial charge is 0.251 e. The highest BCUT2D eigenvalue weighted by molar-refractivity contribution is 6.22. The van der Waals surface area contributed by atoms with Crippen LogP contribution in [0.25, 0.3) is 0 Å². The van der Waals surface area contributed by atoms with Crippen LogP contribution in [0.1, 0.15) is 19.8 Å². The minimum Gasteiger partial charge on any atom is -0.379 e. The molecule has 27 heavy (non-hydrogen) atoms. The molecule has 0 bridgehead atoms. The quantitative estimate of drug-likeness (QED) is 0.536. The van der Waals surface area contributed by atoms with Crippen LogP contribution in [0.3, 0.4) is 0 Å². The Bertz CT molecular complexity index is 685. The van der Waals surface area contributed by atoms with E-state index in [0.29, 0.717) is 17.9 Å². The molecular weight excluding hydrogens is 348 g/mol.